The number of hydrogen-bond acceptors (Lipinski definition) is 6. The van der Waals surface area contributed by atoms with Crippen molar-refractivity contribution in [1.82, 2.24) is 15.3 Å². The van der Waals surface area contributed by atoms with Crippen LogP contribution in [0.15, 0.2) is 41.6 Å². The first-order valence-corrected chi connectivity index (χ1v) is 9.76. The van der Waals surface area contributed by atoms with E-state index in [2.05, 4.69) is 20.6 Å². The minimum atomic E-state index is -3.68. The fourth-order valence-electron chi connectivity index (χ4n) is 2.15. The van der Waals surface area contributed by atoms with Gasteiger partial charge in [0.05, 0.1) is 4.90 Å². The fraction of sp³-hybridized carbons (Fsp3) is 0.353. The maximum atomic E-state index is 12.0. The summed E-state index contributed by atoms with van der Waals surface area (Å²) in [6.45, 7) is 5.18. The molecule has 26 heavy (non-hydrogen) atoms. The van der Waals surface area contributed by atoms with Gasteiger partial charge < -0.3 is 10.6 Å². The maximum Gasteiger partial charge on any atom is 0.270 e. The van der Waals surface area contributed by atoms with Crippen molar-refractivity contribution in [2.75, 3.05) is 18.4 Å². The molecule has 140 valence electrons. The number of benzene rings is 1. The van der Waals surface area contributed by atoms with Crippen LogP contribution in [-0.4, -0.2) is 37.4 Å². The number of nitrogens with two attached hydrogens (primary N) is 1. The van der Waals surface area contributed by atoms with Crippen molar-refractivity contribution >= 4 is 21.7 Å². The Morgan fingerprint density at radius 2 is 1.88 bits per heavy atom. The van der Waals surface area contributed by atoms with E-state index in [-0.39, 0.29) is 10.8 Å². The number of aromatic nitrogens is 2. The van der Waals surface area contributed by atoms with E-state index in [0.29, 0.717) is 36.9 Å². The smallest absolute Gasteiger partial charge is 0.270 e. The first-order chi connectivity index (χ1) is 12.3. The average Bonchev–Trinajstić information content (AvgIpc) is 2.59. The van der Waals surface area contributed by atoms with Crippen LogP contribution in [0.25, 0.3) is 0 Å². The number of rotatable bonds is 8. The zero-order valence-corrected chi connectivity index (χ0v) is 15.6. The van der Waals surface area contributed by atoms with E-state index in [9.17, 15) is 13.2 Å². The lowest BCUT2D eigenvalue weighted by Crippen LogP contribution is -2.28. The SMILES string of the molecule is CC(C)CNC(=O)c1cc(NCCc2ccc(S(N)(=O)=O)cc2)ncn1. The molecule has 4 N–H and O–H groups in total. The summed E-state index contributed by atoms with van der Waals surface area (Å²) in [7, 11) is -3.68. The normalized spacial score (nSPS) is 11.4. The first kappa shape index (κ1) is 19.8. The minimum Gasteiger partial charge on any atom is -0.370 e. The number of anilines is 1. The van der Waals surface area contributed by atoms with Gasteiger partial charge in [0.25, 0.3) is 5.91 Å². The summed E-state index contributed by atoms with van der Waals surface area (Å²) in [5.74, 6) is 0.678. The number of primary sulfonamides is 1. The lowest BCUT2D eigenvalue weighted by Gasteiger charge is -2.09. The maximum absolute atomic E-state index is 12.0. The van der Waals surface area contributed by atoms with Gasteiger partial charge in [-0.15, -0.1) is 0 Å². The Hall–Kier alpha value is -2.52. The summed E-state index contributed by atoms with van der Waals surface area (Å²) in [4.78, 5) is 20.2. The van der Waals surface area contributed by atoms with Crippen molar-refractivity contribution in [3.63, 3.8) is 0 Å². The van der Waals surface area contributed by atoms with Gasteiger partial charge >= 0.3 is 0 Å². The molecule has 8 nitrogen and oxygen atoms in total. The van der Waals surface area contributed by atoms with Crippen LogP contribution < -0.4 is 15.8 Å². The molecule has 0 aliphatic heterocycles. The van der Waals surface area contributed by atoms with Crippen LogP contribution >= 0.6 is 0 Å². The molecule has 0 aliphatic carbocycles. The lowest BCUT2D eigenvalue weighted by atomic mass is 10.1. The van der Waals surface area contributed by atoms with Crippen LogP contribution in [0, 0.1) is 5.92 Å². The number of sulfonamides is 1. The molecule has 0 radical (unpaired) electrons. The number of nitrogens with one attached hydrogen (secondary N) is 2. The Morgan fingerprint density at radius 3 is 2.50 bits per heavy atom. The summed E-state index contributed by atoms with van der Waals surface area (Å²) < 4.78 is 22.5. The highest BCUT2D eigenvalue weighted by Crippen LogP contribution is 2.10. The van der Waals surface area contributed by atoms with E-state index in [0.717, 1.165) is 5.56 Å². The Labute approximate surface area is 153 Å². The van der Waals surface area contributed by atoms with Crippen molar-refractivity contribution in [1.29, 1.82) is 0 Å². The molecule has 1 aromatic carbocycles. The fourth-order valence-corrected chi connectivity index (χ4v) is 2.66. The number of carbonyl (C=O) groups excluding carboxylic acids is 1. The van der Waals surface area contributed by atoms with E-state index in [1.165, 1.54) is 18.5 Å². The zero-order valence-electron chi connectivity index (χ0n) is 14.8. The van der Waals surface area contributed by atoms with Crippen molar-refractivity contribution in [3.05, 3.63) is 47.9 Å². The molecule has 0 bridgehead atoms. The molecule has 0 fully saturated rings. The van der Waals surface area contributed by atoms with E-state index in [1.807, 2.05) is 13.8 Å². The van der Waals surface area contributed by atoms with Gasteiger partial charge in [-0.05, 0) is 30.0 Å². The molecule has 1 amide bonds. The standard InChI is InChI=1S/C17H23N5O3S/c1-12(2)10-20-17(23)15-9-16(22-11-21-15)19-8-7-13-3-5-14(6-4-13)26(18,24)25/h3-6,9,11-12H,7-8,10H2,1-2H3,(H,20,23)(H2,18,24,25)(H,19,21,22). The molecular formula is C17H23N5O3S. The van der Waals surface area contributed by atoms with Crippen molar-refractivity contribution in [3.8, 4) is 0 Å². The quantitative estimate of drug-likeness (QED) is 0.633. The van der Waals surface area contributed by atoms with Gasteiger partial charge in [-0.25, -0.2) is 23.5 Å². The highest BCUT2D eigenvalue weighted by atomic mass is 32.2. The Kier molecular flexibility index (Phi) is 6.64. The highest BCUT2D eigenvalue weighted by molar-refractivity contribution is 7.89. The predicted molar refractivity (Wildman–Crippen MR) is 99.2 cm³/mol. The Balaban J connectivity index is 1.90. The van der Waals surface area contributed by atoms with Crippen molar-refractivity contribution in [2.24, 2.45) is 11.1 Å². The summed E-state index contributed by atoms with van der Waals surface area (Å²) in [6.07, 6.45) is 2.00. The first-order valence-electron chi connectivity index (χ1n) is 8.21. The monoisotopic (exact) mass is 377 g/mol. The van der Waals surface area contributed by atoms with Gasteiger partial charge in [0, 0.05) is 19.2 Å². The molecule has 2 aromatic rings. The molecular weight excluding hydrogens is 354 g/mol. The summed E-state index contributed by atoms with van der Waals surface area (Å²) in [5.41, 5.74) is 1.26. The lowest BCUT2D eigenvalue weighted by molar-refractivity contribution is 0.0944. The largest absolute Gasteiger partial charge is 0.370 e. The van der Waals surface area contributed by atoms with E-state index in [4.69, 9.17) is 5.14 Å². The molecule has 1 aromatic heterocycles. The van der Waals surface area contributed by atoms with Crippen LogP contribution in [0.1, 0.15) is 29.9 Å². The molecule has 2 rings (SSSR count). The van der Waals surface area contributed by atoms with Gasteiger partial charge in [-0.2, -0.15) is 0 Å². The molecule has 0 saturated carbocycles. The van der Waals surface area contributed by atoms with Gasteiger partial charge in [0.1, 0.15) is 17.8 Å². The molecule has 0 aliphatic rings. The van der Waals surface area contributed by atoms with Gasteiger partial charge in [0.15, 0.2) is 0 Å². The molecule has 0 atom stereocenters. The van der Waals surface area contributed by atoms with Crippen LogP contribution in [0.2, 0.25) is 0 Å². The topological polar surface area (TPSA) is 127 Å². The third kappa shape index (κ3) is 6.08. The number of amides is 1. The van der Waals surface area contributed by atoms with Gasteiger partial charge in [0.2, 0.25) is 10.0 Å². The van der Waals surface area contributed by atoms with Crippen LogP contribution in [0.3, 0.4) is 0 Å². The molecule has 0 saturated heterocycles. The van der Waals surface area contributed by atoms with Crippen LogP contribution in [0.5, 0.6) is 0 Å². The third-order valence-electron chi connectivity index (χ3n) is 3.54. The average molecular weight is 377 g/mol. The van der Waals surface area contributed by atoms with Gasteiger partial charge in [-0.1, -0.05) is 26.0 Å². The van der Waals surface area contributed by atoms with E-state index >= 15 is 0 Å². The van der Waals surface area contributed by atoms with Crippen molar-refractivity contribution in [2.45, 2.75) is 25.2 Å². The summed E-state index contributed by atoms with van der Waals surface area (Å²) in [6, 6.07) is 7.98. The minimum absolute atomic E-state index is 0.0852. The molecule has 1 heterocycles. The van der Waals surface area contributed by atoms with Crippen LogP contribution in [0.4, 0.5) is 5.82 Å². The second-order valence-electron chi connectivity index (χ2n) is 6.26. The molecule has 0 unspecified atom stereocenters. The number of carbonyl (C=O) groups is 1. The molecule has 9 heteroatoms. The zero-order chi connectivity index (χ0) is 19.2. The Bertz CT molecular complexity index is 851. The summed E-state index contributed by atoms with van der Waals surface area (Å²) in [5, 5.41) is 11.0. The van der Waals surface area contributed by atoms with Crippen LogP contribution in [-0.2, 0) is 16.4 Å². The summed E-state index contributed by atoms with van der Waals surface area (Å²) >= 11 is 0. The van der Waals surface area contributed by atoms with E-state index in [1.54, 1.807) is 18.2 Å². The van der Waals surface area contributed by atoms with E-state index < -0.39 is 10.0 Å². The van der Waals surface area contributed by atoms with Gasteiger partial charge in [-0.3, -0.25) is 4.79 Å². The number of nitrogens with zero attached hydrogens (tertiary/aromatic N) is 2. The Morgan fingerprint density at radius 1 is 1.19 bits per heavy atom. The van der Waals surface area contributed by atoms with Crippen molar-refractivity contribution < 1.29 is 13.2 Å². The third-order valence-corrected chi connectivity index (χ3v) is 4.47. The second-order valence-corrected chi connectivity index (χ2v) is 7.82. The molecule has 0 spiro atoms. The predicted octanol–water partition coefficient (Wildman–Crippen LogP) is 1.16. The number of hydrogen-bond donors (Lipinski definition) is 3. The second kappa shape index (κ2) is 8.72. The highest BCUT2D eigenvalue weighted by Gasteiger charge is 2.09.